The Hall–Kier alpha value is -2.30. The second kappa shape index (κ2) is 5.36. The van der Waals surface area contributed by atoms with E-state index in [4.69, 9.17) is 15.0 Å². The Morgan fingerprint density at radius 2 is 1.85 bits per heavy atom. The third kappa shape index (κ3) is 2.15. The molecule has 1 unspecified atom stereocenters. The van der Waals surface area contributed by atoms with Crippen molar-refractivity contribution < 1.29 is 9.15 Å². The van der Waals surface area contributed by atoms with Gasteiger partial charge in [-0.1, -0.05) is 30.3 Å². The van der Waals surface area contributed by atoms with Crippen LogP contribution in [0.2, 0.25) is 0 Å². The van der Waals surface area contributed by atoms with Crippen molar-refractivity contribution in [1.29, 1.82) is 0 Å². The quantitative estimate of drug-likeness (QED) is 0.564. The topological polar surface area (TPSA) is 60.4 Å². The molecule has 0 amide bonds. The van der Waals surface area contributed by atoms with Gasteiger partial charge in [0, 0.05) is 10.9 Å². The zero-order chi connectivity index (χ0) is 13.9. The van der Waals surface area contributed by atoms with Crippen molar-refractivity contribution >= 4 is 11.0 Å². The Morgan fingerprint density at radius 3 is 2.55 bits per heavy atom. The lowest BCUT2D eigenvalue weighted by atomic mass is 9.99. The van der Waals surface area contributed by atoms with Gasteiger partial charge in [-0.25, -0.2) is 5.43 Å². The Morgan fingerprint density at radius 1 is 1.10 bits per heavy atom. The van der Waals surface area contributed by atoms with Crippen molar-refractivity contribution in [2.45, 2.75) is 6.04 Å². The van der Waals surface area contributed by atoms with E-state index in [1.54, 1.807) is 13.4 Å². The summed E-state index contributed by atoms with van der Waals surface area (Å²) >= 11 is 0. The fourth-order valence-electron chi connectivity index (χ4n) is 2.38. The summed E-state index contributed by atoms with van der Waals surface area (Å²) in [7, 11) is 1.65. The van der Waals surface area contributed by atoms with Crippen molar-refractivity contribution in [3.05, 3.63) is 65.9 Å². The molecule has 4 heteroatoms. The normalized spacial score (nSPS) is 12.5. The average molecular weight is 268 g/mol. The maximum absolute atomic E-state index is 5.73. The van der Waals surface area contributed by atoms with Crippen LogP contribution in [0.5, 0.6) is 5.75 Å². The van der Waals surface area contributed by atoms with Gasteiger partial charge in [-0.15, -0.1) is 0 Å². The van der Waals surface area contributed by atoms with Gasteiger partial charge < -0.3 is 9.15 Å². The number of nitrogens with two attached hydrogens (primary N) is 1. The van der Waals surface area contributed by atoms with Crippen LogP contribution < -0.4 is 16.0 Å². The highest BCUT2D eigenvalue weighted by Crippen LogP contribution is 2.30. The molecule has 0 bridgehead atoms. The number of hydrogen-bond acceptors (Lipinski definition) is 4. The molecule has 0 saturated carbocycles. The molecule has 0 radical (unpaired) electrons. The van der Waals surface area contributed by atoms with Crippen LogP contribution in [-0.4, -0.2) is 7.11 Å². The van der Waals surface area contributed by atoms with Gasteiger partial charge in [0.2, 0.25) is 0 Å². The van der Waals surface area contributed by atoms with E-state index in [1.165, 1.54) is 0 Å². The fraction of sp³-hybridized carbons (Fsp3) is 0.125. The molecule has 0 spiro atoms. The summed E-state index contributed by atoms with van der Waals surface area (Å²) < 4.78 is 10.8. The summed E-state index contributed by atoms with van der Waals surface area (Å²) in [5.74, 6) is 6.56. The summed E-state index contributed by atoms with van der Waals surface area (Å²) in [6.45, 7) is 0. The second-order valence-electron chi connectivity index (χ2n) is 4.56. The molecule has 2 aromatic carbocycles. The molecule has 0 aliphatic heterocycles. The van der Waals surface area contributed by atoms with Gasteiger partial charge in [0.15, 0.2) is 0 Å². The fourth-order valence-corrected chi connectivity index (χ4v) is 2.38. The van der Waals surface area contributed by atoms with Crippen molar-refractivity contribution in [1.82, 2.24) is 5.43 Å². The van der Waals surface area contributed by atoms with Crippen LogP contribution in [-0.2, 0) is 0 Å². The van der Waals surface area contributed by atoms with Crippen molar-refractivity contribution in [3.8, 4) is 5.75 Å². The molecule has 0 aliphatic carbocycles. The number of rotatable bonds is 4. The Labute approximate surface area is 117 Å². The summed E-state index contributed by atoms with van der Waals surface area (Å²) in [5.41, 5.74) is 5.78. The number of nitrogens with one attached hydrogen (secondary N) is 1. The number of methoxy groups -OCH3 is 1. The van der Waals surface area contributed by atoms with Crippen LogP contribution in [0.15, 0.2) is 59.2 Å². The molecule has 1 aromatic heterocycles. The first-order chi connectivity index (χ1) is 9.83. The minimum absolute atomic E-state index is 0.121. The van der Waals surface area contributed by atoms with Crippen LogP contribution >= 0.6 is 0 Å². The highest BCUT2D eigenvalue weighted by Gasteiger charge is 2.17. The maximum atomic E-state index is 5.73. The zero-order valence-corrected chi connectivity index (χ0v) is 11.2. The van der Waals surface area contributed by atoms with Crippen molar-refractivity contribution in [2.75, 3.05) is 7.11 Å². The van der Waals surface area contributed by atoms with Gasteiger partial charge >= 0.3 is 0 Å². The van der Waals surface area contributed by atoms with E-state index in [0.717, 1.165) is 27.8 Å². The van der Waals surface area contributed by atoms with E-state index in [0.29, 0.717) is 0 Å². The number of hydrazine groups is 1. The smallest absolute Gasteiger partial charge is 0.134 e. The first-order valence-corrected chi connectivity index (χ1v) is 6.39. The van der Waals surface area contributed by atoms with E-state index >= 15 is 0 Å². The number of furan rings is 1. The predicted octanol–water partition coefficient (Wildman–Crippen LogP) is 2.99. The van der Waals surface area contributed by atoms with Gasteiger partial charge in [-0.3, -0.25) is 5.84 Å². The van der Waals surface area contributed by atoms with E-state index in [2.05, 4.69) is 5.43 Å². The second-order valence-corrected chi connectivity index (χ2v) is 4.56. The molecule has 1 atom stereocenters. The van der Waals surface area contributed by atoms with Crippen LogP contribution in [0.25, 0.3) is 11.0 Å². The number of fused-ring (bicyclic) bond motifs is 1. The van der Waals surface area contributed by atoms with Crippen molar-refractivity contribution in [3.63, 3.8) is 0 Å². The summed E-state index contributed by atoms with van der Waals surface area (Å²) in [6, 6.07) is 15.6. The van der Waals surface area contributed by atoms with Crippen LogP contribution in [0.4, 0.5) is 0 Å². The average Bonchev–Trinajstić information content (AvgIpc) is 2.93. The lowest BCUT2D eigenvalue weighted by molar-refractivity contribution is 0.414. The van der Waals surface area contributed by atoms with Crippen LogP contribution in [0.1, 0.15) is 17.2 Å². The third-order valence-electron chi connectivity index (χ3n) is 3.44. The highest BCUT2D eigenvalue weighted by molar-refractivity contribution is 5.81. The van der Waals surface area contributed by atoms with Gasteiger partial charge in [-0.2, -0.15) is 0 Å². The summed E-state index contributed by atoms with van der Waals surface area (Å²) in [4.78, 5) is 0. The monoisotopic (exact) mass is 268 g/mol. The minimum atomic E-state index is -0.121. The lowest BCUT2D eigenvalue weighted by Crippen LogP contribution is -2.28. The Kier molecular flexibility index (Phi) is 3.41. The molecular formula is C16H16N2O2. The third-order valence-corrected chi connectivity index (χ3v) is 3.44. The molecule has 3 N–H and O–H groups in total. The molecule has 3 aromatic rings. The van der Waals surface area contributed by atoms with Crippen LogP contribution in [0.3, 0.4) is 0 Å². The van der Waals surface area contributed by atoms with Gasteiger partial charge in [0.25, 0.3) is 0 Å². The molecule has 4 nitrogen and oxygen atoms in total. The number of hydrogen-bond donors (Lipinski definition) is 2. The van der Waals surface area contributed by atoms with E-state index < -0.39 is 0 Å². The molecule has 20 heavy (non-hydrogen) atoms. The SMILES string of the molecule is COc1ccc(C(NN)c2coc3ccccc23)cc1. The largest absolute Gasteiger partial charge is 0.497 e. The van der Waals surface area contributed by atoms with E-state index in [9.17, 15) is 0 Å². The first kappa shape index (κ1) is 12.7. The molecule has 3 rings (SSSR count). The highest BCUT2D eigenvalue weighted by atomic mass is 16.5. The zero-order valence-electron chi connectivity index (χ0n) is 11.2. The molecule has 0 saturated heterocycles. The molecule has 102 valence electrons. The number of benzene rings is 2. The maximum Gasteiger partial charge on any atom is 0.134 e. The predicted molar refractivity (Wildman–Crippen MR) is 78.4 cm³/mol. The van der Waals surface area contributed by atoms with Crippen molar-refractivity contribution in [2.24, 2.45) is 5.84 Å². The van der Waals surface area contributed by atoms with Gasteiger partial charge in [0.05, 0.1) is 19.4 Å². The minimum Gasteiger partial charge on any atom is -0.497 e. The van der Waals surface area contributed by atoms with Crippen LogP contribution in [0, 0.1) is 0 Å². The molecule has 1 heterocycles. The summed E-state index contributed by atoms with van der Waals surface area (Å²) in [6.07, 6.45) is 1.75. The van der Waals surface area contributed by atoms with E-state index in [-0.39, 0.29) is 6.04 Å². The number of para-hydroxylation sites is 1. The molecular weight excluding hydrogens is 252 g/mol. The summed E-state index contributed by atoms with van der Waals surface area (Å²) in [5, 5.41) is 1.06. The Bertz CT molecular complexity index is 704. The lowest BCUT2D eigenvalue weighted by Gasteiger charge is -2.15. The number of ether oxygens (including phenoxy) is 1. The van der Waals surface area contributed by atoms with Gasteiger partial charge in [-0.05, 0) is 23.8 Å². The molecule has 0 aliphatic rings. The molecule has 0 fully saturated rings. The first-order valence-electron chi connectivity index (χ1n) is 6.39. The standard InChI is InChI=1S/C16H16N2O2/c1-19-12-8-6-11(7-9-12)16(18-17)14-10-20-15-5-3-2-4-13(14)15/h2-10,16,18H,17H2,1H3. The van der Waals surface area contributed by atoms with E-state index in [1.807, 2.05) is 48.5 Å². The van der Waals surface area contributed by atoms with Gasteiger partial charge in [0.1, 0.15) is 11.3 Å². The Balaban J connectivity index is 2.04.